The van der Waals surface area contributed by atoms with E-state index in [1.165, 1.54) is 27.2 Å². The van der Waals surface area contributed by atoms with E-state index in [4.69, 9.17) is 14.2 Å². The largest absolute Gasteiger partial charge is 0.496 e. The zero-order valence-electron chi connectivity index (χ0n) is 12.8. The molecule has 1 heterocycles. The number of Topliss-reactive ketones (excluding diaryl/α,β-unsaturated/α-hetero) is 1. The third kappa shape index (κ3) is 2.34. The number of carbonyl (C=O) groups is 1. The molecule has 2 atom stereocenters. The average Bonchev–Trinajstić information content (AvgIpc) is 2.42. The minimum absolute atomic E-state index is 0.166. The van der Waals surface area contributed by atoms with Gasteiger partial charge in [-0.3, -0.25) is 4.79 Å². The van der Waals surface area contributed by atoms with E-state index in [1.807, 2.05) is 0 Å². The first-order valence-electron chi connectivity index (χ1n) is 6.59. The van der Waals surface area contributed by atoms with Crippen LogP contribution in [0.1, 0.15) is 42.8 Å². The molecule has 6 nitrogen and oxygen atoms in total. The van der Waals surface area contributed by atoms with E-state index in [0.29, 0.717) is 11.5 Å². The first-order valence-corrected chi connectivity index (χ1v) is 6.59. The van der Waals surface area contributed by atoms with Gasteiger partial charge in [0.05, 0.1) is 19.8 Å². The highest BCUT2D eigenvalue weighted by Crippen LogP contribution is 2.49. The number of aliphatic hydroxyl groups excluding tert-OH is 2. The number of methoxy groups -OCH3 is 2. The maximum Gasteiger partial charge on any atom is 0.167 e. The fraction of sp³-hybridized carbons (Fsp3) is 0.533. The molecular formula is C15H20O6. The number of hydrogen-bond acceptors (Lipinski definition) is 6. The molecule has 1 aromatic rings. The van der Waals surface area contributed by atoms with Gasteiger partial charge in [0.15, 0.2) is 5.78 Å². The predicted molar refractivity (Wildman–Crippen MR) is 75.2 cm³/mol. The summed E-state index contributed by atoms with van der Waals surface area (Å²) in [7, 11) is 2.83. The first kappa shape index (κ1) is 15.6. The van der Waals surface area contributed by atoms with E-state index >= 15 is 0 Å². The zero-order valence-corrected chi connectivity index (χ0v) is 12.8. The van der Waals surface area contributed by atoms with Crippen molar-refractivity contribution in [3.63, 3.8) is 0 Å². The van der Waals surface area contributed by atoms with Gasteiger partial charge < -0.3 is 24.4 Å². The van der Waals surface area contributed by atoms with Crippen molar-refractivity contribution in [3.8, 4) is 17.2 Å². The average molecular weight is 296 g/mol. The van der Waals surface area contributed by atoms with Gasteiger partial charge in [0.2, 0.25) is 0 Å². The molecule has 6 heteroatoms. The molecule has 1 aromatic carbocycles. The summed E-state index contributed by atoms with van der Waals surface area (Å²) in [5.41, 5.74) is -0.496. The molecule has 0 aliphatic carbocycles. The number of benzene rings is 1. The van der Waals surface area contributed by atoms with Gasteiger partial charge in [-0.05, 0) is 20.8 Å². The summed E-state index contributed by atoms with van der Waals surface area (Å²) in [6.07, 6.45) is -2.37. The van der Waals surface area contributed by atoms with Crippen molar-refractivity contribution in [2.75, 3.05) is 14.2 Å². The lowest BCUT2D eigenvalue weighted by molar-refractivity contribution is -0.112. The maximum atomic E-state index is 11.9. The fourth-order valence-electron chi connectivity index (χ4n) is 2.58. The quantitative estimate of drug-likeness (QED) is 0.822. The maximum absolute atomic E-state index is 11.9. The van der Waals surface area contributed by atoms with Gasteiger partial charge in [-0.2, -0.15) is 0 Å². The second-order valence-electron chi connectivity index (χ2n) is 5.55. The number of ketones is 1. The Morgan fingerprint density at radius 2 is 1.90 bits per heavy atom. The Bertz CT molecular complexity index is 578. The minimum atomic E-state index is -1.22. The summed E-state index contributed by atoms with van der Waals surface area (Å²) in [6.45, 7) is 4.71. The topological polar surface area (TPSA) is 85.2 Å². The van der Waals surface area contributed by atoms with Gasteiger partial charge >= 0.3 is 0 Å². The fourth-order valence-corrected chi connectivity index (χ4v) is 2.58. The zero-order chi connectivity index (χ0) is 15.9. The standard InChI is InChI=1S/C15H20O6/c1-7(16)10-8(19-4)6-9-11(13(10)20-5)12(17)14(18)15(2,3)21-9/h6,12,14,17-18H,1-5H3/t12-,14+/m1/s1. The molecule has 2 rings (SSSR count). The van der Waals surface area contributed by atoms with Gasteiger partial charge in [0, 0.05) is 6.07 Å². The Hall–Kier alpha value is -1.79. The Morgan fingerprint density at radius 1 is 1.29 bits per heavy atom. The monoisotopic (exact) mass is 296 g/mol. The van der Waals surface area contributed by atoms with Gasteiger partial charge in [0.1, 0.15) is 40.6 Å². The Balaban J connectivity index is 2.77. The highest BCUT2D eigenvalue weighted by molar-refractivity contribution is 6.00. The summed E-state index contributed by atoms with van der Waals surface area (Å²) >= 11 is 0. The lowest BCUT2D eigenvalue weighted by Gasteiger charge is -2.40. The van der Waals surface area contributed by atoms with Crippen molar-refractivity contribution >= 4 is 5.78 Å². The van der Waals surface area contributed by atoms with Crippen LogP contribution in [0.3, 0.4) is 0 Å². The Kier molecular flexibility index (Phi) is 3.86. The van der Waals surface area contributed by atoms with Crippen LogP contribution in [-0.4, -0.2) is 41.9 Å². The van der Waals surface area contributed by atoms with Crippen LogP contribution in [0, 0.1) is 0 Å². The summed E-state index contributed by atoms with van der Waals surface area (Å²) in [5, 5.41) is 20.6. The van der Waals surface area contributed by atoms with Crippen molar-refractivity contribution in [3.05, 3.63) is 17.2 Å². The van der Waals surface area contributed by atoms with Crippen LogP contribution in [0.2, 0.25) is 0 Å². The second kappa shape index (κ2) is 5.20. The molecule has 0 spiro atoms. The normalized spacial score (nSPS) is 23.0. The van der Waals surface area contributed by atoms with E-state index in [-0.39, 0.29) is 22.7 Å². The molecule has 1 aliphatic rings. The van der Waals surface area contributed by atoms with E-state index in [1.54, 1.807) is 13.8 Å². The third-order valence-corrected chi connectivity index (χ3v) is 3.70. The number of rotatable bonds is 3. The van der Waals surface area contributed by atoms with E-state index in [9.17, 15) is 15.0 Å². The van der Waals surface area contributed by atoms with Crippen molar-refractivity contribution in [2.45, 2.75) is 38.6 Å². The summed E-state index contributed by atoms with van der Waals surface area (Å²) in [6, 6.07) is 1.53. The van der Waals surface area contributed by atoms with Crippen LogP contribution in [0.15, 0.2) is 6.07 Å². The number of hydrogen-bond donors (Lipinski definition) is 2. The number of ether oxygens (including phenoxy) is 3. The van der Waals surface area contributed by atoms with Crippen molar-refractivity contribution in [1.82, 2.24) is 0 Å². The van der Waals surface area contributed by atoms with Crippen LogP contribution < -0.4 is 14.2 Å². The van der Waals surface area contributed by atoms with Crippen LogP contribution in [0.4, 0.5) is 0 Å². The summed E-state index contributed by atoms with van der Waals surface area (Å²) in [5.74, 6) is 0.533. The van der Waals surface area contributed by atoms with Crippen molar-refractivity contribution in [1.29, 1.82) is 0 Å². The second-order valence-corrected chi connectivity index (χ2v) is 5.55. The van der Waals surface area contributed by atoms with Gasteiger partial charge in [-0.15, -0.1) is 0 Å². The SMILES string of the molecule is COc1cc2c(c(OC)c1C(C)=O)[C@@H](O)[C@H](O)C(C)(C)O2. The molecule has 0 radical (unpaired) electrons. The van der Waals surface area contributed by atoms with Gasteiger partial charge in [-0.25, -0.2) is 0 Å². The summed E-state index contributed by atoms with van der Waals surface area (Å²) < 4.78 is 16.2. The molecule has 0 unspecified atom stereocenters. The van der Waals surface area contributed by atoms with Crippen molar-refractivity contribution in [2.24, 2.45) is 0 Å². The van der Waals surface area contributed by atoms with Gasteiger partial charge in [-0.1, -0.05) is 0 Å². The van der Waals surface area contributed by atoms with E-state index < -0.39 is 17.8 Å². The van der Waals surface area contributed by atoms with Crippen molar-refractivity contribution < 1.29 is 29.2 Å². The van der Waals surface area contributed by atoms with E-state index in [0.717, 1.165) is 0 Å². The molecule has 116 valence electrons. The Labute approximate surface area is 123 Å². The molecule has 0 amide bonds. The number of fused-ring (bicyclic) bond motifs is 1. The Morgan fingerprint density at radius 3 is 2.38 bits per heavy atom. The lowest BCUT2D eigenvalue weighted by Crippen LogP contribution is -2.48. The molecule has 21 heavy (non-hydrogen) atoms. The highest BCUT2D eigenvalue weighted by Gasteiger charge is 2.45. The molecule has 2 N–H and O–H groups in total. The van der Waals surface area contributed by atoms with Crippen LogP contribution in [-0.2, 0) is 0 Å². The number of carbonyl (C=O) groups excluding carboxylic acids is 1. The molecule has 0 aromatic heterocycles. The van der Waals surface area contributed by atoms with Crippen LogP contribution >= 0.6 is 0 Å². The molecular weight excluding hydrogens is 276 g/mol. The molecule has 0 saturated carbocycles. The third-order valence-electron chi connectivity index (χ3n) is 3.70. The molecule has 1 aliphatic heterocycles. The van der Waals surface area contributed by atoms with Crippen LogP contribution in [0.5, 0.6) is 17.2 Å². The summed E-state index contributed by atoms with van der Waals surface area (Å²) in [4.78, 5) is 11.9. The lowest BCUT2D eigenvalue weighted by atomic mass is 9.86. The predicted octanol–water partition coefficient (Wildman–Crippen LogP) is 1.47. The highest BCUT2D eigenvalue weighted by atomic mass is 16.5. The molecule has 0 bridgehead atoms. The minimum Gasteiger partial charge on any atom is -0.496 e. The first-order chi connectivity index (χ1) is 9.74. The van der Waals surface area contributed by atoms with Gasteiger partial charge in [0.25, 0.3) is 0 Å². The van der Waals surface area contributed by atoms with Crippen LogP contribution in [0.25, 0.3) is 0 Å². The molecule has 0 fully saturated rings. The van der Waals surface area contributed by atoms with E-state index in [2.05, 4.69) is 0 Å². The smallest absolute Gasteiger partial charge is 0.167 e. The molecule has 0 saturated heterocycles. The number of aliphatic hydroxyl groups is 2.